The number of ether oxygens (including phenoxy) is 2. The molecule has 1 amide bonds. The van der Waals surface area contributed by atoms with Crippen molar-refractivity contribution in [3.63, 3.8) is 0 Å². The lowest BCUT2D eigenvalue weighted by Gasteiger charge is -2.20. The molecule has 0 aromatic carbocycles. The zero-order valence-corrected chi connectivity index (χ0v) is 13.8. The molecule has 4 N–H and O–H groups in total. The van der Waals surface area contributed by atoms with Gasteiger partial charge in [0.05, 0.1) is 6.61 Å². The van der Waals surface area contributed by atoms with Crippen molar-refractivity contribution in [2.24, 2.45) is 0 Å². The Hall–Kier alpha value is -2.22. The third-order valence-corrected chi connectivity index (χ3v) is 3.79. The van der Waals surface area contributed by atoms with Gasteiger partial charge in [0.1, 0.15) is 18.3 Å². The molecule has 152 valence electrons. The van der Waals surface area contributed by atoms with E-state index in [1.807, 2.05) is 4.98 Å². The molecule has 27 heavy (non-hydrogen) atoms. The normalized spacial score (nSPS) is 25.5. The van der Waals surface area contributed by atoms with E-state index in [9.17, 15) is 37.8 Å². The maximum atomic E-state index is 12.0. The summed E-state index contributed by atoms with van der Waals surface area (Å²) in [7, 11) is 0. The van der Waals surface area contributed by atoms with Gasteiger partial charge in [-0.3, -0.25) is 19.1 Å². The van der Waals surface area contributed by atoms with Crippen LogP contribution in [0.2, 0.25) is 0 Å². The minimum atomic E-state index is -4.98. The maximum Gasteiger partial charge on any atom is 0.471 e. The van der Waals surface area contributed by atoms with E-state index in [4.69, 9.17) is 9.47 Å². The van der Waals surface area contributed by atoms with Gasteiger partial charge in [-0.05, 0) is 6.42 Å². The molecule has 0 radical (unpaired) electrons. The second kappa shape index (κ2) is 8.65. The number of halogens is 3. The van der Waals surface area contributed by atoms with Crippen LogP contribution in [0.1, 0.15) is 12.6 Å². The number of amides is 1. The summed E-state index contributed by atoms with van der Waals surface area (Å²) in [5.41, 5.74) is -1.48. The predicted molar refractivity (Wildman–Crippen MR) is 81.7 cm³/mol. The van der Waals surface area contributed by atoms with E-state index in [1.165, 1.54) is 0 Å². The van der Waals surface area contributed by atoms with Gasteiger partial charge in [0.15, 0.2) is 6.23 Å². The third-order valence-electron chi connectivity index (χ3n) is 3.79. The number of nitrogens with zero attached hydrogens (tertiary/aromatic N) is 1. The van der Waals surface area contributed by atoms with Crippen molar-refractivity contribution >= 4 is 5.91 Å². The smallest absolute Gasteiger partial charge is 0.394 e. The van der Waals surface area contributed by atoms with Crippen LogP contribution in [0.25, 0.3) is 0 Å². The molecule has 0 unspecified atom stereocenters. The number of aliphatic hydroxyl groups excluding tert-OH is 2. The number of rotatable bonds is 7. The quantitative estimate of drug-likeness (QED) is 0.399. The molecule has 0 spiro atoms. The van der Waals surface area contributed by atoms with Gasteiger partial charge in [-0.25, -0.2) is 4.79 Å². The van der Waals surface area contributed by atoms with Crippen LogP contribution in [0.4, 0.5) is 13.2 Å². The first-order valence-electron chi connectivity index (χ1n) is 7.87. The predicted octanol–water partition coefficient (Wildman–Crippen LogP) is -1.76. The first-order chi connectivity index (χ1) is 12.6. The van der Waals surface area contributed by atoms with E-state index in [1.54, 1.807) is 5.32 Å². The van der Waals surface area contributed by atoms with Gasteiger partial charge < -0.3 is 25.0 Å². The average Bonchev–Trinajstić information content (AvgIpc) is 2.89. The van der Waals surface area contributed by atoms with Crippen LogP contribution in [-0.2, 0) is 14.3 Å². The highest BCUT2D eigenvalue weighted by molar-refractivity contribution is 5.81. The lowest BCUT2D eigenvalue weighted by atomic mass is 10.1. The molecule has 1 aromatic heterocycles. The van der Waals surface area contributed by atoms with E-state index in [0.717, 1.165) is 16.8 Å². The molecule has 13 heteroatoms. The second-order valence-electron chi connectivity index (χ2n) is 5.70. The largest absolute Gasteiger partial charge is 0.471 e. The summed E-state index contributed by atoms with van der Waals surface area (Å²) in [6, 6.07) is 1.04. The van der Waals surface area contributed by atoms with E-state index in [-0.39, 0.29) is 19.6 Å². The number of H-pyrrole nitrogens is 1. The molecule has 1 aliphatic rings. The summed E-state index contributed by atoms with van der Waals surface area (Å²) in [6.07, 6.45) is -8.57. The van der Waals surface area contributed by atoms with E-state index >= 15 is 0 Å². The zero-order valence-electron chi connectivity index (χ0n) is 13.8. The summed E-state index contributed by atoms with van der Waals surface area (Å²) in [4.78, 5) is 35.6. The molecular weight excluding hydrogens is 379 g/mol. The van der Waals surface area contributed by atoms with Gasteiger partial charge in [0, 0.05) is 25.4 Å². The van der Waals surface area contributed by atoms with Crippen molar-refractivity contribution in [2.45, 2.75) is 37.1 Å². The Labute approximate surface area is 149 Å². The minimum absolute atomic E-state index is 0.00641. The van der Waals surface area contributed by atoms with Crippen molar-refractivity contribution in [1.82, 2.24) is 14.9 Å². The summed E-state index contributed by atoms with van der Waals surface area (Å²) >= 11 is 0. The van der Waals surface area contributed by atoms with Crippen molar-refractivity contribution < 1.29 is 37.7 Å². The summed E-state index contributed by atoms with van der Waals surface area (Å²) in [5, 5.41) is 21.3. The van der Waals surface area contributed by atoms with Crippen molar-refractivity contribution in [3.8, 4) is 0 Å². The Kier molecular flexibility index (Phi) is 6.75. The van der Waals surface area contributed by atoms with Crippen LogP contribution in [-0.4, -0.2) is 69.9 Å². The molecule has 2 rings (SSSR count). The van der Waals surface area contributed by atoms with Crippen LogP contribution in [0.3, 0.4) is 0 Å². The number of aliphatic hydroxyl groups is 2. The number of aromatic amines is 1. The molecular formula is C14H18F3N3O7. The van der Waals surface area contributed by atoms with Crippen molar-refractivity contribution in [3.05, 3.63) is 33.1 Å². The number of alkyl halides is 3. The number of carbonyl (C=O) groups excluding carboxylic acids is 1. The number of nitrogens with one attached hydrogen (secondary N) is 2. The third kappa shape index (κ3) is 5.15. The molecule has 1 aromatic rings. The Bertz CT molecular complexity index is 763. The Balaban J connectivity index is 1.92. The highest BCUT2D eigenvalue weighted by Crippen LogP contribution is 2.30. The number of hydrogen-bond acceptors (Lipinski definition) is 7. The fourth-order valence-electron chi connectivity index (χ4n) is 2.52. The molecule has 10 nitrogen and oxygen atoms in total. The van der Waals surface area contributed by atoms with Gasteiger partial charge in [-0.1, -0.05) is 0 Å². The van der Waals surface area contributed by atoms with Crippen LogP contribution >= 0.6 is 0 Å². The maximum absolute atomic E-state index is 12.0. The van der Waals surface area contributed by atoms with E-state index in [2.05, 4.69) is 0 Å². The summed E-state index contributed by atoms with van der Waals surface area (Å²) in [6.45, 7) is -1.01. The van der Waals surface area contributed by atoms with E-state index in [0.29, 0.717) is 0 Å². The Morgan fingerprint density at radius 1 is 1.41 bits per heavy atom. The lowest BCUT2D eigenvalue weighted by Crippen LogP contribution is -2.40. The van der Waals surface area contributed by atoms with Gasteiger partial charge in [0.2, 0.25) is 0 Å². The molecule has 0 saturated carbocycles. The zero-order chi connectivity index (χ0) is 20.2. The SMILES string of the molecule is O=C(NCCCO[C@H]1[C@@H](O)[C@H](n2ccc(=O)[nH]c2=O)O[C@@H]1CO)C(F)(F)F. The van der Waals surface area contributed by atoms with Crippen molar-refractivity contribution in [1.29, 1.82) is 0 Å². The molecule has 1 fully saturated rings. The molecule has 2 heterocycles. The van der Waals surface area contributed by atoms with Crippen LogP contribution in [0.5, 0.6) is 0 Å². The minimum Gasteiger partial charge on any atom is -0.394 e. The topological polar surface area (TPSA) is 143 Å². The van der Waals surface area contributed by atoms with Gasteiger partial charge in [-0.2, -0.15) is 13.2 Å². The molecule has 1 aliphatic heterocycles. The number of hydrogen-bond donors (Lipinski definition) is 4. The highest BCUT2D eigenvalue weighted by atomic mass is 19.4. The monoisotopic (exact) mass is 397 g/mol. The molecule has 1 saturated heterocycles. The fourth-order valence-corrected chi connectivity index (χ4v) is 2.52. The second-order valence-corrected chi connectivity index (χ2v) is 5.70. The van der Waals surface area contributed by atoms with Gasteiger partial charge >= 0.3 is 17.8 Å². The standard InChI is InChI=1S/C14H18F3N3O7/c15-14(16,17)12(24)18-3-1-5-26-10-7(6-21)27-11(9(10)23)20-4-2-8(22)19-13(20)25/h2,4,7,9-11,21,23H,1,3,5-6H2,(H,18,24)(H,19,22,25)/t7-,9-,10-,11-/m1/s1. The van der Waals surface area contributed by atoms with Gasteiger partial charge in [0.25, 0.3) is 5.56 Å². The van der Waals surface area contributed by atoms with Crippen LogP contribution < -0.4 is 16.6 Å². The molecule has 0 aliphatic carbocycles. The van der Waals surface area contributed by atoms with Crippen molar-refractivity contribution in [2.75, 3.05) is 19.8 Å². The molecule has 0 bridgehead atoms. The molecule has 4 atom stereocenters. The number of carbonyl (C=O) groups is 1. The first-order valence-corrected chi connectivity index (χ1v) is 7.87. The Morgan fingerprint density at radius 3 is 2.70 bits per heavy atom. The van der Waals surface area contributed by atoms with E-state index < -0.39 is 54.5 Å². The Morgan fingerprint density at radius 2 is 2.11 bits per heavy atom. The highest BCUT2D eigenvalue weighted by Gasteiger charge is 2.45. The summed E-state index contributed by atoms with van der Waals surface area (Å²) in [5.74, 6) is -2.07. The summed E-state index contributed by atoms with van der Waals surface area (Å²) < 4.78 is 47.8. The lowest BCUT2D eigenvalue weighted by molar-refractivity contribution is -0.173. The fraction of sp³-hybridized carbons (Fsp3) is 0.643. The average molecular weight is 397 g/mol. The van der Waals surface area contributed by atoms with Crippen LogP contribution in [0, 0.1) is 0 Å². The van der Waals surface area contributed by atoms with Gasteiger partial charge in [-0.15, -0.1) is 0 Å². The van der Waals surface area contributed by atoms with Crippen LogP contribution in [0.15, 0.2) is 21.9 Å². The first kappa shape index (κ1) is 21.1. The number of aromatic nitrogens is 2.